The van der Waals surface area contributed by atoms with Crippen molar-refractivity contribution in [2.75, 3.05) is 5.32 Å². The number of rotatable bonds is 4. The van der Waals surface area contributed by atoms with Crippen molar-refractivity contribution in [3.05, 3.63) is 23.1 Å². The Morgan fingerprint density at radius 3 is 2.69 bits per heavy atom. The number of hydrogen-bond donors (Lipinski definition) is 2. The normalized spacial score (nSPS) is 12.6. The maximum Gasteiger partial charge on any atom is 0.326 e. The smallest absolute Gasteiger partial charge is 0.326 e. The number of nitrogens with zero attached hydrogens (tertiary/aromatic N) is 1. The van der Waals surface area contributed by atoms with Gasteiger partial charge in [-0.2, -0.15) is 0 Å². The van der Waals surface area contributed by atoms with Crippen LogP contribution in [0.1, 0.15) is 13.8 Å². The van der Waals surface area contributed by atoms with Gasteiger partial charge in [0.05, 0.1) is 5.02 Å². The Morgan fingerprint density at radius 1 is 1.62 bits per heavy atom. The summed E-state index contributed by atoms with van der Waals surface area (Å²) in [5, 5.41) is 11.6. The van der Waals surface area contributed by atoms with Gasteiger partial charge >= 0.3 is 5.97 Å². The molecular formula is C10H12ClFN2O2. The van der Waals surface area contributed by atoms with Crippen molar-refractivity contribution >= 4 is 23.4 Å². The van der Waals surface area contributed by atoms with Gasteiger partial charge in [0, 0.05) is 6.20 Å². The number of aliphatic carboxylic acids is 1. The van der Waals surface area contributed by atoms with Crippen LogP contribution in [-0.2, 0) is 4.79 Å². The molecule has 1 rings (SSSR count). The Kier molecular flexibility index (Phi) is 4.06. The zero-order chi connectivity index (χ0) is 12.3. The number of halogens is 2. The molecule has 0 bridgehead atoms. The topological polar surface area (TPSA) is 62.2 Å². The number of anilines is 1. The molecule has 0 unspecified atom stereocenters. The van der Waals surface area contributed by atoms with E-state index in [4.69, 9.17) is 16.7 Å². The molecular weight excluding hydrogens is 235 g/mol. The van der Waals surface area contributed by atoms with Gasteiger partial charge in [0.1, 0.15) is 6.04 Å². The fraction of sp³-hybridized carbons (Fsp3) is 0.400. The number of aromatic nitrogens is 1. The van der Waals surface area contributed by atoms with Crippen LogP contribution >= 0.6 is 11.6 Å². The van der Waals surface area contributed by atoms with E-state index in [2.05, 4.69) is 10.3 Å². The van der Waals surface area contributed by atoms with E-state index < -0.39 is 17.8 Å². The summed E-state index contributed by atoms with van der Waals surface area (Å²) in [6.07, 6.45) is 1.26. The highest BCUT2D eigenvalue weighted by atomic mass is 35.5. The van der Waals surface area contributed by atoms with E-state index in [1.165, 1.54) is 6.20 Å². The number of carboxylic acid groups (broad SMARTS) is 1. The van der Waals surface area contributed by atoms with Crippen LogP contribution in [-0.4, -0.2) is 22.1 Å². The summed E-state index contributed by atoms with van der Waals surface area (Å²) in [6.45, 7) is 3.44. The Hall–Kier alpha value is -1.36. The summed E-state index contributed by atoms with van der Waals surface area (Å²) in [4.78, 5) is 14.6. The van der Waals surface area contributed by atoms with Crippen molar-refractivity contribution in [1.29, 1.82) is 0 Å². The molecule has 16 heavy (non-hydrogen) atoms. The second-order valence-corrected chi connectivity index (χ2v) is 4.12. The fourth-order valence-corrected chi connectivity index (χ4v) is 1.33. The lowest BCUT2D eigenvalue weighted by atomic mass is 10.1. The van der Waals surface area contributed by atoms with Crippen LogP contribution in [0, 0.1) is 11.7 Å². The van der Waals surface area contributed by atoms with E-state index in [0.29, 0.717) is 0 Å². The quantitative estimate of drug-likeness (QED) is 0.856. The van der Waals surface area contributed by atoms with Gasteiger partial charge in [0.25, 0.3) is 0 Å². The molecule has 1 aromatic rings. The van der Waals surface area contributed by atoms with E-state index in [1.54, 1.807) is 13.8 Å². The summed E-state index contributed by atoms with van der Waals surface area (Å²) in [5.74, 6) is -2.01. The van der Waals surface area contributed by atoms with Crippen LogP contribution in [0.25, 0.3) is 0 Å². The maximum atomic E-state index is 13.3. The van der Waals surface area contributed by atoms with Gasteiger partial charge in [-0.25, -0.2) is 14.2 Å². The van der Waals surface area contributed by atoms with Gasteiger partial charge < -0.3 is 10.4 Å². The summed E-state index contributed by atoms with van der Waals surface area (Å²) >= 11 is 5.53. The Bertz CT molecular complexity index is 398. The number of nitrogens with one attached hydrogen (secondary N) is 1. The molecule has 0 radical (unpaired) electrons. The van der Waals surface area contributed by atoms with Crippen LogP contribution in [0.5, 0.6) is 0 Å². The van der Waals surface area contributed by atoms with Crippen LogP contribution in [0.2, 0.25) is 5.02 Å². The molecule has 2 N–H and O–H groups in total. The first-order valence-electron chi connectivity index (χ1n) is 4.72. The minimum absolute atomic E-state index is 0.106. The average Bonchev–Trinajstić information content (AvgIpc) is 2.15. The van der Waals surface area contributed by atoms with Crippen molar-refractivity contribution in [3.8, 4) is 0 Å². The highest BCUT2D eigenvalue weighted by Gasteiger charge is 2.22. The Balaban J connectivity index is 2.90. The van der Waals surface area contributed by atoms with Gasteiger partial charge in [-0.05, 0) is 12.0 Å². The molecule has 6 heteroatoms. The second-order valence-electron chi connectivity index (χ2n) is 3.69. The maximum absolute atomic E-state index is 13.3. The van der Waals surface area contributed by atoms with Crippen LogP contribution in [0.15, 0.2) is 12.3 Å². The molecule has 1 aromatic heterocycles. The predicted molar refractivity (Wildman–Crippen MR) is 59.1 cm³/mol. The van der Waals surface area contributed by atoms with E-state index in [9.17, 15) is 9.18 Å². The summed E-state index contributed by atoms with van der Waals surface area (Å²) < 4.78 is 13.3. The van der Waals surface area contributed by atoms with E-state index in [0.717, 1.165) is 6.07 Å². The van der Waals surface area contributed by atoms with Gasteiger partial charge in [0.15, 0.2) is 11.6 Å². The zero-order valence-electron chi connectivity index (χ0n) is 8.87. The average molecular weight is 247 g/mol. The molecule has 0 aromatic carbocycles. The molecule has 1 heterocycles. The molecule has 4 nitrogen and oxygen atoms in total. The van der Waals surface area contributed by atoms with Gasteiger partial charge in [-0.1, -0.05) is 25.4 Å². The minimum atomic E-state index is -1.05. The first kappa shape index (κ1) is 12.7. The molecule has 0 aliphatic heterocycles. The van der Waals surface area contributed by atoms with Crippen LogP contribution in [0.3, 0.4) is 0 Å². The van der Waals surface area contributed by atoms with Crippen LogP contribution < -0.4 is 5.32 Å². The molecule has 0 fully saturated rings. The largest absolute Gasteiger partial charge is 0.480 e. The van der Waals surface area contributed by atoms with Crippen molar-refractivity contribution in [2.24, 2.45) is 5.92 Å². The number of pyridine rings is 1. The molecule has 0 saturated carbocycles. The van der Waals surface area contributed by atoms with Gasteiger partial charge in [-0.3, -0.25) is 0 Å². The minimum Gasteiger partial charge on any atom is -0.480 e. The number of carbonyl (C=O) groups is 1. The van der Waals surface area contributed by atoms with Crippen LogP contribution in [0.4, 0.5) is 10.2 Å². The number of hydrogen-bond acceptors (Lipinski definition) is 3. The van der Waals surface area contributed by atoms with Crippen molar-refractivity contribution in [3.63, 3.8) is 0 Å². The summed E-state index contributed by atoms with van der Waals surface area (Å²) in [5.41, 5.74) is 0. The fourth-order valence-electron chi connectivity index (χ4n) is 1.18. The zero-order valence-corrected chi connectivity index (χ0v) is 9.62. The second kappa shape index (κ2) is 5.12. The molecule has 0 amide bonds. The standard InChI is InChI=1S/C10H12ClFN2O2/c1-5(2)8(10(15)16)14-9-7(12)3-6(11)4-13-9/h3-5,8H,1-2H3,(H,13,14)(H,15,16)/t8-/m1/s1. The molecule has 1 atom stereocenters. The van der Waals surface area contributed by atoms with Gasteiger partial charge in [-0.15, -0.1) is 0 Å². The highest BCUT2D eigenvalue weighted by molar-refractivity contribution is 6.30. The molecule has 88 valence electrons. The third kappa shape index (κ3) is 3.06. The SMILES string of the molecule is CC(C)[C@@H](Nc1ncc(Cl)cc1F)C(=O)O. The third-order valence-electron chi connectivity index (χ3n) is 2.03. The molecule has 0 aliphatic carbocycles. The first-order chi connectivity index (χ1) is 7.41. The van der Waals surface area contributed by atoms with Crippen molar-refractivity contribution in [2.45, 2.75) is 19.9 Å². The van der Waals surface area contributed by atoms with E-state index in [1.807, 2.05) is 0 Å². The summed E-state index contributed by atoms with van der Waals surface area (Å²) in [6, 6.07) is 0.194. The lowest BCUT2D eigenvalue weighted by molar-refractivity contribution is -0.138. The molecule has 0 spiro atoms. The molecule has 0 saturated heterocycles. The highest BCUT2D eigenvalue weighted by Crippen LogP contribution is 2.18. The third-order valence-corrected chi connectivity index (χ3v) is 2.24. The van der Waals surface area contributed by atoms with Crippen molar-refractivity contribution in [1.82, 2.24) is 4.98 Å². The van der Waals surface area contributed by atoms with E-state index in [-0.39, 0.29) is 16.8 Å². The summed E-state index contributed by atoms with van der Waals surface area (Å²) in [7, 11) is 0. The van der Waals surface area contributed by atoms with Crippen molar-refractivity contribution < 1.29 is 14.3 Å². The Labute approximate surface area is 97.5 Å². The number of carboxylic acids is 1. The lowest BCUT2D eigenvalue weighted by Crippen LogP contribution is -2.34. The predicted octanol–water partition coefficient (Wildman–Crippen LogP) is 2.40. The monoisotopic (exact) mass is 246 g/mol. The van der Waals surface area contributed by atoms with E-state index >= 15 is 0 Å². The lowest BCUT2D eigenvalue weighted by Gasteiger charge is -2.18. The Morgan fingerprint density at radius 2 is 2.25 bits per heavy atom. The van der Waals surface area contributed by atoms with Gasteiger partial charge in [0.2, 0.25) is 0 Å². The first-order valence-corrected chi connectivity index (χ1v) is 5.10. The molecule has 0 aliphatic rings.